The van der Waals surface area contributed by atoms with Gasteiger partial charge in [0.05, 0.1) is 25.7 Å². The highest BCUT2D eigenvalue weighted by molar-refractivity contribution is 5.94. The summed E-state index contributed by atoms with van der Waals surface area (Å²) in [5, 5.41) is 0. The Morgan fingerprint density at radius 1 is 1.10 bits per heavy atom. The largest absolute Gasteiger partial charge is 0.466 e. The molecule has 3 aliphatic heterocycles. The predicted molar refractivity (Wildman–Crippen MR) is 114 cm³/mol. The van der Waals surface area contributed by atoms with Crippen molar-refractivity contribution in [2.45, 2.75) is 51.0 Å². The Bertz CT molecular complexity index is 751. The molecule has 0 bridgehead atoms. The molecule has 0 N–H and O–H groups in total. The Morgan fingerprint density at radius 2 is 1.80 bits per heavy atom. The number of piperidine rings is 2. The van der Waals surface area contributed by atoms with Crippen molar-refractivity contribution < 1.29 is 19.1 Å². The first-order valence-electron chi connectivity index (χ1n) is 11.4. The molecule has 1 unspecified atom stereocenters. The fourth-order valence-electron chi connectivity index (χ4n) is 5.00. The molecule has 4 rings (SSSR count). The minimum absolute atomic E-state index is 0.000183. The van der Waals surface area contributed by atoms with Crippen molar-refractivity contribution in [1.29, 1.82) is 0 Å². The lowest BCUT2D eigenvalue weighted by molar-refractivity contribution is -0.150. The van der Waals surface area contributed by atoms with Crippen LogP contribution in [-0.2, 0) is 19.7 Å². The van der Waals surface area contributed by atoms with Gasteiger partial charge in [0.15, 0.2) is 0 Å². The third-order valence-electron chi connectivity index (χ3n) is 7.01. The fourth-order valence-corrected chi connectivity index (χ4v) is 5.00. The average molecular weight is 415 g/mol. The lowest BCUT2D eigenvalue weighted by Crippen LogP contribution is -2.50. The zero-order valence-electron chi connectivity index (χ0n) is 18.3. The summed E-state index contributed by atoms with van der Waals surface area (Å²) in [7, 11) is 0. The molecule has 30 heavy (non-hydrogen) atoms. The predicted octanol–water partition coefficient (Wildman–Crippen LogP) is 2.85. The van der Waals surface area contributed by atoms with E-state index in [9.17, 15) is 9.59 Å². The average Bonchev–Trinajstić information content (AvgIpc) is 2.77. The van der Waals surface area contributed by atoms with Crippen LogP contribution in [0, 0.1) is 5.92 Å². The van der Waals surface area contributed by atoms with Gasteiger partial charge in [0, 0.05) is 36.7 Å². The van der Waals surface area contributed by atoms with Gasteiger partial charge in [-0.1, -0.05) is 19.1 Å². The Hall–Kier alpha value is -1.92. The molecule has 0 aromatic heterocycles. The van der Waals surface area contributed by atoms with E-state index in [0.29, 0.717) is 12.6 Å². The number of carbonyl (C=O) groups is 2. The third kappa shape index (κ3) is 4.40. The number of amides is 1. The summed E-state index contributed by atoms with van der Waals surface area (Å²) in [4.78, 5) is 29.5. The van der Waals surface area contributed by atoms with E-state index in [4.69, 9.17) is 9.47 Å². The van der Waals surface area contributed by atoms with Crippen LogP contribution >= 0.6 is 0 Å². The van der Waals surface area contributed by atoms with Gasteiger partial charge in [0.1, 0.15) is 0 Å². The van der Waals surface area contributed by atoms with Crippen molar-refractivity contribution in [3.05, 3.63) is 35.4 Å². The molecular weight excluding hydrogens is 380 g/mol. The number of rotatable bonds is 5. The van der Waals surface area contributed by atoms with Gasteiger partial charge in [0.2, 0.25) is 0 Å². The second-order valence-electron chi connectivity index (χ2n) is 9.24. The molecule has 3 fully saturated rings. The third-order valence-corrected chi connectivity index (χ3v) is 7.01. The minimum atomic E-state index is -0.0550. The molecule has 1 aromatic rings. The number of benzene rings is 1. The maximum absolute atomic E-state index is 13.0. The van der Waals surface area contributed by atoms with Crippen LogP contribution in [0.3, 0.4) is 0 Å². The molecule has 0 radical (unpaired) electrons. The number of nitrogens with zero attached hydrogens (tertiary/aromatic N) is 2. The van der Waals surface area contributed by atoms with Gasteiger partial charge < -0.3 is 14.4 Å². The van der Waals surface area contributed by atoms with Crippen LogP contribution < -0.4 is 0 Å². The van der Waals surface area contributed by atoms with E-state index in [0.717, 1.165) is 70.6 Å². The van der Waals surface area contributed by atoms with Crippen molar-refractivity contribution in [1.82, 2.24) is 9.80 Å². The standard InChI is InChI=1S/C24H34N2O4/c1-3-30-23(28)19-5-4-12-26(15-19)21-10-13-25(14-11-21)22(27)18-6-8-20(9-7-18)24(2)16-29-17-24/h6-9,19,21H,3-5,10-17H2,1-2H3. The number of hydrogen-bond acceptors (Lipinski definition) is 5. The molecule has 3 saturated heterocycles. The van der Waals surface area contributed by atoms with Crippen molar-refractivity contribution in [2.24, 2.45) is 5.92 Å². The zero-order valence-corrected chi connectivity index (χ0v) is 18.3. The second kappa shape index (κ2) is 9.06. The molecule has 1 atom stereocenters. The first-order valence-corrected chi connectivity index (χ1v) is 11.4. The summed E-state index contributed by atoms with van der Waals surface area (Å²) < 4.78 is 10.6. The monoisotopic (exact) mass is 414 g/mol. The second-order valence-corrected chi connectivity index (χ2v) is 9.24. The maximum Gasteiger partial charge on any atom is 0.310 e. The van der Waals surface area contributed by atoms with Crippen LogP contribution in [-0.4, -0.2) is 73.7 Å². The van der Waals surface area contributed by atoms with Gasteiger partial charge in [0.25, 0.3) is 5.91 Å². The maximum atomic E-state index is 13.0. The van der Waals surface area contributed by atoms with Crippen LogP contribution in [0.15, 0.2) is 24.3 Å². The van der Waals surface area contributed by atoms with Crippen LogP contribution in [0.2, 0.25) is 0 Å². The lowest BCUT2D eigenvalue weighted by Gasteiger charge is -2.42. The Labute approximate surface area is 179 Å². The summed E-state index contributed by atoms with van der Waals surface area (Å²) in [5.41, 5.74) is 2.10. The van der Waals surface area contributed by atoms with E-state index >= 15 is 0 Å². The molecule has 0 saturated carbocycles. The van der Waals surface area contributed by atoms with Gasteiger partial charge in [-0.05, 0) is 56.8 Å². The summed E-state index contributed by atoms with van der Waals surface area (Å²) in [6.45, 7) is 9.40. The van der Waals surface area contributed by atoms with Gasteiger partial charge in [-0.25, -0.2) is 0 Å². The van der Waals surface area contributed by atoms with E-state index in [1.54, 1.807) is 0 Å². The Balaban J connectivity index is 1.30. The number of esters is 1. The van der Waals surface area contributed by atoms with Crippen LogP contribution in [0.5, 0.6) is 0 Å². The molecule has 1 aromatic carbocycles. The lowest BCUT2D eigenvalue weighted by atomic mass is 9.80. The van der Waals surface area contributed by atoms with Crippen molar-refractivity contribution in [3.8, 4) is 0 Å². The number of carbonyl (C=O) groups excluding carboxylic acids is 2. The number of ether oxygens (including phenoxy) is 2. The molecule has 6 heteroatoms. The highest BCUT2D eigenvalue weighted by atomic mass is 16.5. The molecule has 1 amide bonds. The molecule has 0 spiro atoms. The van der Waals surface area contributed by atoms with E-state index < -0.39 is 0 Å². The first kappa shape index (κ1) is 21.3. The zero-order chi connectivity index (χ0) is 21.1. The number of hydrogen-bond donors (Lipinski definition) is 0. The molecule has 3 heterocycles. The van der Waals surface area contributed by atoms with Crippen molar-refractivity contribution in [2.75, 3.05) is 46.0 Å². The molecule has 164 valence electrons. The summed E-state index contributed by atoms with van der Waals surface area (Å²) in [5.74, 6) is 0.0680. The number of likely N-dealkylation sites (tertiary alicyclic amines) is 2. The quantitative estimate of drug-likeness (QED) is 0.694. The topological polar surface area (TPSA) is 59.1 Å². The van der Waals surface area contributed by atoms with Crippen LogP contribution in [0.1, 0.15) is 55.5 Å². The molecule has 0 aliphatic carbocycles. The Kier molecular flexibility index (Phi) is 6.44. The Morgan fingerprint density at radius 3 is 2.40 bits per heavy atom. The normalized spacial score (nSPS) is 24.9. The van der Waals surface area contributed by atoms with Gasteiger partial charge in [-0.2, -0.15) is 0 Å². The van der Waals surface area contributed by atoms with Gasteiger partial charge in [-0.15, -0.1) is 0 Å². The molecule has 6 nitrogen and oxygen atoms in total. The smallest absolute Gasteiger partial charge is 0.310 e. The van der Waals surface area contributed by atoms with Gasteiger partial charge >= 0.3 is 5.97 Å². The summed E-state index contributed by atoms with van der Waals surface area (Å²) >= 11 is 0. The van der Waals surface area contributed by atoms with E-state index in [-0.39, 0.29) is 23.2 Å². The molecule has 3 aliphatic rings. The SMILES string of the molecule is CCOC(=O)C1CCCN(C2CCN(C(=O)c3ccc(C4(C)COC4)cc3)CC2)C1. The van der Waals surface area contributed by atoms with Gasteiger partial charge in [-0.3, -0.25) is 14.5 Å². The molecular formula is C24H34N2O4. The summed E-state index contributed by atoms with van der Waals surface area (Å²) in [6, 6.07) is 8.52. The fraction of sp³-hybridized carbons (Fsp3) is 0.667. The first-order chi connectivity index (χ1) is 14.5. The van der Waals surface area contributed by atoms with E-state index in [1.807, 2.05) is 24.0 Å². The summed E-state index contributed by atoms with van der Waals surface area (Å²) in [6.07, 6.45) is 3.90. The van der Waals surface area contributed by atoms with E-state index in [2.05, 4.69) is 24.0 Å². The minimum Gasteiger partial charge on any atom is -0.466 e. The van der Waals surface area contributed by atoms with E-state index in [1.165, 1.54) is 5.56 Å². The highest BCUT2D eigenvalue weighted by Crippen LogP contribution is 2.32. The highest BCUT2D eigenvalue weighted by Gasteiger charge is 2.36. The van der Waals surface area contributed by atoms with Crippen LogP contribution in [0.25, 0.3) is 0 Å². The van der Waals surface area contributed by atoms with Crippen molar-refractivity contribution in [3.63, 3.8) is 0 Å². The van der Waals surface area contributed by atoms with Crippen molar-refractivity contribution >= 4 is 11.9 Å². The van der Waals surface area contributed by atoms with Crippen LogP contribution in [0.4, 0.5) is 0 Å².